The fourth-order valence-corrected chi connectivity index (χ4v) is 1.84. The fourth-order valence-electron chi connectivity index (χ4n) is 1.84. The lowest BCUT2D eigenvalue weighted by molar-refractivity contribution is -0.143. The van der Waals surface area contributed by atoms with Crippen LogP contribution in [0.25, 0.3) is 11.0 Å². The van der Waals surface area contributed by atoms with E-state index in [0.29, 0.717) is 0 Å². The largest absolute Gasteiger partial charge is 0.466 e. The van der Waals surface area contributed by atoms with Crippen LogP contribution in [0.3, 0.4) is 0 Å². The number of aromatic nitrogens is 2. The maximum Gasteiger partial charge on any atom is 0.307 e. The Kier molecular flexibility index (Phi) is 3.64. The summed E-state index contributed by atoms with van der Waals surface area (Å²) in [6.45, 7) is 2.13. The van der Waals surface area contributed by atoms with Gasteiger partial charge in [0.15, 0.2) is 5.82 Å². The van der Waals surface area contributed by atoms with Gasteiger partial charge in [-0.05, 0) is 6.92 Å². The smallest absolute Gasteiger partial charge is 0.307 e. The van der Waals surface area contributed by atoms with E-state index in [0.717, 1.165) is 12.1 Å². The molecular formula is C12H13F2N3O2. The van der Waals surface area contributed by atoms with Gasteiger partial charge in [-0.25, -0.2) is 13.8 Å². The number of aryl methyl sites for hydroxylation is 1. The zero-order valence-electron chi connectivity index (χ0n) is 10.3. The lowest BCUT2D eigenvalue weighted by Gasteiger charge is -2.06. The summed E-state index contributed by atoms with van der Waals surface area (Å²) in [5.74, 6) is -1.87. The van der Waals surface area contributed by atoms with Crippen molar-refractivity contribution < 1.29 is 18.3 Å². The van der Waals surface area contributed by atoms with Crippen LogP contribution < -0.4 is 5.73 Å². The van der Waals surface area contributed by atoms with Crippen molar-refractivity contribution in [1.29, 1.82) is 0 Å². The molecule has 0 aliphatic carbocycles. The summed E-state index contributed by atoms with van der Waals surface area (Å²) in [7, 11) is 0. The second-order valence-corrected chi connectivity index (χ2v) is 3.93. The van der Waals surface area contributed by atoms with E-state index in [1.54, 1.807) is 6.92 Å². The highest BCUT2D eigenvalue weighted by atomic mass is 19.1. The number of nitrogens with zero attached hydrogens (tertiary/aromatic N) is 2. The normalized spacial score (nSPS) is 10.9. The standard InChI is InChI=1S/C12H13F2N3O2/c1-2-19-10(18)3-4-17-9-6-7(13)5-8(14)11(9)16-12(17)15/h5-6H,2-4H2,1H3,(H2,15,16). The number of benzene rings is 1. The predicted molar refractivity (Wildman–Crippen MR) is 65.3 cm³/mol. The topological polar surface area (TPSA) is 70.1 Å². The molecule has 0 fully saturated rings. The van der Waals surface area contributed by atoms with E-state index in [2.05, 4.69) is 4.98 Å². The molecule has 0 atom stereocenters. The lowest BCUT2D eigenvalue weighted by Crippen LogP contribution is -2.10. The minimum Gasteiger partial charge on any atom is -0.466 e. The average molecular weight is 269 g/mol. The molecule has 2 aromatic rings. The second-order valence-electron chi connectivity index (χ2n) is 3.93. The number of nitrogens with two attached hydrogens (primary N) is 1. The van der Waals surface area contributed by atoms with Gasteiger partial charge in [0.05, 0.1) is 18.5 Å². The van der Waals surface area contributed by atoms with Crippen molar-refractivity contribution in [3.05, 3.63) is 23.8 Å². The number of carbonyl (C=O) groups excluding carboxylic acids is 1. The van der Waals surface area contributed by atoms with Gasteiger partial charge in [-0.15, -0.1) is 0 Å². The molecule has 0 spiro atoms. The number of hydrogen-bond donors (Lipinski definition) is 1. The molecule has 0 unspecified atom stereocenters. The first-order valence-corrected chi connectivity index (χ1v) is 5.79. The molecule has 1 heterocycles. The van der Waals surface area contributed by atoms with Crippen LogP contribution in [-0.4, -0.2) is 22.1 Å². The van der Waals surface area contributed by atoms with Crippen molar-refractivity contribution >= 4 is 23.0 Å². The summed E-state index contributed by atoms with van der Waals surface area (Å²) in [5.41, 5.74) is 5.85. The highest BCUT2D eigenvalue weighted by molar-refractivity contribution is 5.79. The van der Waals surface area contributed by atoms with Crippen molar-refractivity contribution in [1.82, 2.24) is 9.55 Å². The molecular weight excluding hydrogens is 256 g/mol. The number of imidazole rings is 1. The Hall–Kier alpha value is -2.18. The van der Waals surface area contributed by atoms with Crippen molar-refractivity contribution in [2.45, 2.75) is 19.9 Å². The third kappa shape index (κ3) is 2.64. The monoisotopic (exact) mass is 269 g/mol. The van der Waals surface area contributed by atoms with Crippen LogP contribution in [-0.2, 0) is 16.1 Å². The number of esters is 1. The van der Waals surface area contributed by atoms with Crippen LogP contribution >= 0.6 is 0 Å². The van der Waals surface area contributed by atoms with E-state index >= 15 is 0 Å². The Morgan fingerprint density at radius 3 is 2.89 bits per heavy atom. The van der Waals surface area contributed by atoms with Crippen molar-refractivity contribution in [3.8, 4) is 0 Å². The van der Waals surface area contributed by atoms with Crippen LogP contribution in [0, 0.1) is 11.6 Å². The third-order valence-corrected chi connectivity index (χ3v) is 2.65. The minimum absolute atomic E-state index is 0.0113. The first kappa shape index (κ1) is 13.3. The van der Waals surface area contributed by atoms with Crippen LogP contribution in [0.15, 0.2) is 12.1 Å². The third-order valence-electron chi connectivity index (χ3n) is 2.65. The molecule has 102 valence electrons. The number of fused-ring (bicyclic) bond motifs is 1. The van der Waals surface area contributed by atoms with Crippen LogP contribution in [0.1, 0.15) is 13.3 Å². The molecule has 7 heteroatoms. The van der Waals surface area contributed by atoms with E-state index in [-0.39, 0.29) is 36.6 Å². The molecule has 1 aromatic carbocycles. The van der Waals surface area contributed by atoms with Crippen molar-refractivity contribution in [2.75, 3.05) is 12.3 Å². The van der Waals surface area contributed by atoms with Gasteiger partial charge >= 0.3 is 5.97 Å². The molecule has 0 saturated carbocycles. The molecule has 0 aliphatic heterocycles. The van der Waals surface area contributed by atoms with Crippen LogP contribution in [0.2, 0.25) is 0 Å². The quantitative estimate of drug-likeness (QED) is 0.860. The maximum atomic E-state index is 13.5. The fraction of sp³-hybridized carbons (Fsp3) is 0.333. The summed E-state index contributed by atoms with van der Waals surface area (Å²) in [6.07, 6.45) is 0.0572. The Bertz CT molecular complexity index is 625. The van der Waals surface area contributed by atoms with Gasteiger partial charge in [0.25, 0.3) is 0 Å². The van der Waals surface area contributed by atoms with E-state index < -0.39 is 17.6 Å². The van der Waals surface area contributed by atoms with Gasteiger partial charge < -0.3 is 15.0 Å². The van der Waals surface area contributed by atoms with Crippen LogP contribution in [0.5, 0.6) is 0 Å². The predicted octanol–water partition coefficient (Wildman–Crippen LogP) is 1.85. The first-order chi connectivity index (χ1) is 9.02. The first-order valence-electron chi connectivity index (χ1n) is 5.79. The number of rotatable bonds is 4. The molecule has 0 amide bonds. The lowest BCUT2D eigenvalue weighted by atomic mass is 10.3. The van der Waals surface area contributed by atoms with Crippen molar-refractivity contribution in [2.24, 2.45) is 0 Å². The van der Waals surface area contributed by atoms with E-state index in [1.807, 2.05) is 0 Å². The molecule has 2 rings (SSSR count). The Morgan fingerprint density at radius 1 is 1.47 bits per heavy atom. The molecule has 2 N–H and O–H groups in total. The highest BCUT2D eigenvalue weighted by Gasteiger charge is 2.14. The van der Waals surface area contributed by atoms with E-state index in [1.165, 1.54) is 4.57 Å². The van der Waals surface area contributed by atoms with Crippen molar-refractivity contribution in [3.63, 3.8) is 0 Å². The van der Waals surface area contributed by atoms with Gasteiger partial charge in [0, 0.05) is 18.7 Å². The summed E-state index contributed by atoms with van der Waals surface area (Å²) in [5, 5.41) is 0. The zero-order valence-corrected chi connectivity index (χ0v) is 10.3. The summed E-state index contributed by atoms with van der Waals surface area (Å²) in [4.78, 5) is 15.1. The number of hydrogen-bond acceptors (Lipinski definition) is 4. The Balaban J connectivity index is 2.32. The van der Waals surface area contributed by atoms with Crippen LogP contribution in [0.4, 0.5) is 14.7 Å². The molecule has 0 bridgehead atoms. The van der Waals surface area contributed by atoms with Gasteiger partial charge in [-0.1, -0.05) is 0 Å². The average Bonchev–Trinajstić information content (AvgIpc) is 2.64. The summed E-state index contributed by atoms with van der Waals surface area (Å²) >= 11 is 0. The molecule has 1 aromatic heterocycles. The zero-order chi connectivity index (χ0) is 14.0. The van der Waals surface area contributed by atoms with Gasteiger partial charge in [-0.2, -0.15) is 0 Å². The number of nitrogen functional groups attached to an aromatic ring is 1. The van der Waals surface area contributed by atoms with Gasteiger partial charge in [0.2, 0.25) is 5.95 Å². The molecule has 0 aliphatic rings. The van der Waals surface area contributed by atoms with Gasteiger partial charge in [0.1, 0.15) is 11.3 Å². The number of carbonyl (C=O) groups is 1. The maximum absolute atomic E-state index is 13.5. The Morgan fingerprint density at radius 2 is 2.21 bits per heavy atom. The second kappa shape index (κ2) is 5.21. The number of anilines is 1. The SMILES string of the molecule is CCOC(=O)CCn1c(N)nc2c(F)cc(F)cc21. The summed E-state index contributed by atoms with van der Waals surface area (Å²) < 4.78 is 32.9. The molecule has 0 radical (unpaired) electrons. The number of halogens is 2. The molecule has 5 nitrogen and oxygen atoms in total. The summed E-state index contributed by atoms with van der Waals surface area (Å²) in [6, 6.07) is 1.87. The minimum atomic E-state index is -0.781. The highest BCUT2D eigenvalue weighted by Crippen LogP contribution is 2.22. The Labute approximate surface area is 108 Å². The van der Waals surface area contributed by atoms with E-state index in [9.17, 15) is 13.6 Å². The van der Waals surface area contributed by atoms with Gasteiger partial charge in [-0.3, -0.25) is 4.79 Å². The molecule has 19 heavy (non-hydrogen) atoms. The molecule has 0 saturated heterocycles. The van der Waals surface area contributed by atoms with E-state index in [4.69, 9.17) is 10.5 Å². The number of ether oxygens (including phenoxy) is 1.